The van der Waals surface area contributed by atoms with E-state index in [1.165, 1.54) is 19.3 Å². The zero-order valence-electron chi connectivity index (χ0n) is 14.2. The summed E-state index contributed by atoms with van der Waals surface area (Å²) in [6.45, 7) is 6.84. The molecule has 0 amide bonds. The minimum Gasteiger partial charge on any atom is -0.465 e. The van der Waals surface area contributed by atoms with Gasteiger partial charge in [-0.05, 0) is 58.5 Å². The predicted octanol–water partition coefficient (Wildman–Crippen LogP) is 2.38. The normalized spacial score (nSPS) is 31.2. The lowest BCUT2D eigenvalue weighted by Gasteiger charge is -2.34. The molecule has 0 aromatic rings. The van der Waals surface area contributed by atoms with Crippen LogP contribution in [0.3, 0.4) is 0 Å². The zero-order chi connectivity index (χ0) is 15.4. The van der Waals surface area contributed by atoms with Crippen molar-refractivity contribution >= 4 is 5.97 Å². The lowest BCUT2D eigenvalue weighted by molar-refractivity contribution is -0.149. The van der Waals surface area contributed by atoms with Gasteiger partial charge in [0.1, 0.15) is 6.04 Å². The third kappa shape index (κ3) is 4.19. The number of unbranched alkanes of at least 4 members (excludes halogenated alkanes) is 1. The van der Waals surface area contributed by atoms with Crippen molar-refractivity contribution in [2.45, 2.75) is 58.0 Å². The Balaban J connectivity index is 1.82. The molecule has 21 heavy (non-hydrogen) atoms. The van der Waals surface area contributed by atoms with Gasteiger partial charge < -0.3 is 9.64 Å². The molecule has 1 heterocycles. The van der Waals surface area contributed by atoms with Crippen molar-refractivity contribution in [1.82, 2.24) is 9.80 Å². The van der Waals surface area contributed by atoms with Gasteiger partial charge in [0.15, 0.2) is 0 Å². The highest BCUT2D eigenvalue weighted by molar-refractivity contribution is 5.75. The monoisotopic (exact) mass is 296 g/mol. The zero-order valence-corrected chi connectivity index (χ0v) is 14.2. The quantitative estimate of drug-likeness (QED) is 0.556. The molecule has 0 N–H and O–H groups in total. The summed E-state index contributed by atoms with van der Waals surface area (Å²) in [5.41, 5.74) is 0. The molecular weight excluding hydrogens is 264 g/mol. The number of fused-ring (bicyclic) bond motifs is 1. The molecule has 4 nitrogen and oxygen atoms in total. The lowest BCUT2D eigenvalue weighted by atomic mass is 9.79. The number of likely N-dealkylation sites (tertiary alicyclic amines) is 1. The lowest BCUT2D eigenvalue weighted by Crippen LogP contribution is -2.39. The average molecular weight is 296 g/mol. The van der Waals surface area contributed by atoms with Gasteiger partial charge in [-0.15, -0.1) is 0 Å². The molecule has 2 aliphatic rings. The van der Waals surface area contributed by atoms with Crippen molar-refractivity contribution in [3.8, 4) is 0 Å². The summed E-state index contributed by atoms with van der Waals surface area (Å²) in [4.78, 5) is 16.8. The predicted molar refractivity (Wildman–Crippen MR) is 85.2 cm³/mol. The van der Waals surface area contributed by atoms with Crippen molar-refractivity contribution in [2.75, 3.05) is 33.8 Å². The van der Waals surface area contributed by atoms with Crippen LogP contribution in [0.2, 0.25) is 0 Å². The van der Waals surface area contributed by atoms with Gasteiger partial charge in [-0.3, -0.25) is 9.69 Å². The van der Waals surface area contributed by atoms with E-state index in [0.29, 0.717) is 6.61 Å². The average Bonchev–Trinajstić information content (AvgIpc) is 2.89. The van der Waals surface area contributed by atoms with Crippen LogP contribution in [0.1, 0.15) is 46.0 Å². The molecule has 122 valence electrons. The first-order valence-electron chi connectivity index (χ1n) is 8.60. The fourth-order valence-corrected chi connectivity index (χ4v) is 3.81. The first-order valence-corrected chi connectivity index (χ1v) is 8.60. The van der Waals surface area contributed by atoms with Crippen molar-refractivity contribution in [2.24, 2.45) is 11.8 Å². The molecule has 0 aromatic heterocycles. The maximum Gasteiger partial charge on any atom is 0.323 e. The molecule has 1 saturated heterocycles. The molecule has 1 aliphatic carbocycles. The standard InChI is InChI=1S/C17H32N2O2/c1-5-6-9-21-17(20)13(2)19-11-14-7-8-16(18(3)4)10-15(14)12-19/h13-16H,5-12H2,1-4H3. The van der Waals surface area contributed by atoms with E-state index in [1.54, 1.807) is 0 Å². The number of esters is 1. The van der Waals surface area contributed by atoms with E-state index in [-0.39, 0.29) is 12.0 Å². The van der Waals surface area contributed by atoms with Gasteiger partial charge in [-0.1, -0.05) is 13.3 Å². The smallest absolute Gasteiger partial charge is 0.323 e. The van der Waals surface area contributed by atoms with Crippen LogP contribution in [0.25, 0.3) is 0 Å². The van der Waals surface area contributed by atoms with Crippen molar-refractivity contribution < 1.29 is 9.53 Å². The van der Waals surface area contributed by atoms with E-state index >= 15 is 0 Å². The third-order valence-electron chi connectivity index (χ3n) is 5.41. The molecule has 4 atom stereocenters. The molecule has 2 fully saturated rings. The Hall–Kier alpha value is -0.610. The number of carbonyl (C=O) groups excluding carboxylic acids is 1. The van der Waals surface area contributed by atoms with Crippen LogP contribution in [-0.2, 0) is 9.53 Å². The van der Waals surface area contributed by atoms with Crippen molar-refractivity contribution in [3.63, 3.8) is 0 Å². The molecular formula is C17H32N2O2. The fraction of sp³-hybridized carbons (Fsp3) is 0.941. The highest BCUT2D eigenvalue weighted by Gasteiger charge is 2.41. The van der Waals surface area contributed by atoms with Gasteiger partial charge >= 0.3 is 5.97 Å². The van der Waals surface area contributed by atoms with E-state index in [0.717, 1.165) is 43.8 Å². The Bertz CT molecular complexity index is 346. The maximum atomic E-state index is 12.1. The van der Waals surface area contributed by atoms with Gasteiger partial charge in [0.05, 0.1) is 6.61 Å². The first-order chi connectivity index (χ1) is 10.0. The number of hydrogen-bond donors (Lipinski definition) is 0. The third-order valence-corrected chi connectivity index (χ3v) is 5.41. The molecule has 1 aliphatic heterocycles. The highest BCUT2D eigenvalue weighted by Crippen LogP contribution is 2.38. The molecule has 0 aromatic carbocycles. The highest BCUT2D eigenvalue weighted by atomic mass is 16.5. The number of hydrogen-bond acceptors (Lipinski definition) is 4. The van der Waals surface area contributed by atoms with E-state index in [4.69, 9.17) is 4.74 Å². The number of carbonyl (C=O) groups is 1. The minimum atomic E-state index is -0.0785. The second kappa shape index (κ2) is 7.59. The topological polar surface area (TPSA) is 32.8 Å². The second-order valence-electron chi connectivity index (χ2n) is 7.10. The maximum absolute atomic E-state index is 12.1. The summed E-state index contributed by atoms with van der Waals surface area (Å²) in [6, 6.07) is 0.642. The van der Waals surface area contributed by atoms with Crippen LogP contribution in [0, 0.1) is 11.8 Å². The van der Waals surface area contributed by atoms with Gasteiger partial charge in [0.2, 0.25) is 0 Å². The van der Waals surface area contributed by atoms with Crippen LogP contribution in [-0.4, -0.2) is 61.6 Å². The number of rotatable bonds is 6. The summed E-state index contributed by atoms with van der Waals surface area (Å²) >= 11 is 0. The molecule has 4 unspecified atom stereocenters. The van der Waals surface area contributed by atoms with E-state index in [9.17, 15) is 4.79 Å². The van der Waals surface area contributed by atoms with Crippen LogP contribution >= 0.6 is 0 Å². The fourth-order valence-electron chi connectivity index (χ4n) is 3.81. The first kappa shape index (κ1) is 16.8. The largest absolute Gasteiger partial charge is 0.465 e. The summed E-state index contributed by atoms with van der Waals surface area (Å²) in [5, 5.41) is 0. The van der Waals surface area contributed by atoms with Gasteiger partial charge in [0.25, 0.3) is 0 Å². The molecule has 0 spiro atoms. The summed E-state index contributed by atoms with van der Waals surface area (Å²) in [7, 11) is 4.37. The van der Waals surface area contributed by atoms with Crippen LogP contribution in [0.4, 0.5) is 0 Å². The molecule has 0 bridgehead atoms. The van der Waals surface area contributed by atoms with Gasteiger partial charge in [-0.2, -0.15) is 0 Å². The Morgan fingerprint density at radius 3 is 2.67 bits per heavy atom. The van der Waals surface area contributed by atoms with Gasteiger partial charge in [0, 0.05) is 19.1 Å². The summed E-state index contributed by atoms with van der Waals surface area (Å²) in [5.74, 6) is 1.51. The Kier molecular flexibility index (Phi) is 6.06. The summed E-state index contributed by atoms with van der Waals surface area (Å²) < 4.78 is 5.38. The van der Waals surface area contributed by atoms with E-state index in [1.807, 2.05) is 6.92 Å². The summed E-state index contributed by atoms with van der Waals surface area (Å²) in [6.07, 6.45) is 5.93. The Morgan fingerprint density at radius 2 is 2.00 bits per heavy atom. The van der Waals surface area contributed by atoms with Crippen molar-refractivity contribution in [1.29, 1.82) is 0 Å². The molecule has 1 saturated carbocycles. The number of ether oxygens (including phenoxy) is 1. The van der Waals surface area contributed by atoms with Crippen molar-refractivity contribution in [3.05, 3.63) is 0 Å². The van der Waals surface area contributed by atoms with Gasteiger partial charge in [-0.25, -0.2) is 0 Å². The molecule has 2 rings (SSSR count). The van der Waals surface area contributed by atoms with Crippen LogP contribution < -0.4 is 0 Å². The Labute approximate surface area is 129 Å². The van der Waals surface area contributed by atoms with Crippen LogP contribution in [0.5, 0.6) is 0 Å². The molecule has 0 radical (unpaired) electrons. The van der Waals surface area contributed by atoms with E-state index < -0.39 is 0 Å². The SMILES string of the molecule is CCCCOC(=O)C(C)N1CC2CCC(N(C)C)CC2C1. The minimum absolute atomic E-state index is 0.0359. The second-order valence-corrected chi connectivity index (χ2v) is 7.10. The molecule has 4 heteroatoms. The Morgan fingerprint density at radius 1 is 1.29 bits per heavy atom. The van der Waals surface area contributed by atoms with E-state index in [2.05, 4.69) is 30.8 Å². The number of nitrogens with zero attached hydrogens (tertiary/aromatic N) is 2. The van der Waals surface area contributed by atoms with Crippen LogP contribution in [0.15, 0.2) is 0 Å².